The largest absolute Gasteiger partial charge is 0.392 e. The van der Waals surface area contributed by atoms with E-state index in [9.17, 15) is 9.90 Å². The summed E-state index contributed by atoms with van der Waals surface area (Å²) in [7, 11) is 1.61. The highest BCUT2D eigenvalue weighted by molar-refractivity contribution is 5.85. The van der Waals surface area contributed by atoms with Gasteiger partial charge >= 0.3 is 0 Å². The standard InChI is InChI=1S/C15H20N2O3/c1-11(10-20-2)16-15(19)8-17-7-6-13-12(9-18)4-3-5-14(13)17/h3-7,11,18H,8-10H2,1-2H3,(H,16,19). The van der Waals surface area contributed by atoms with Gasteiger partial charge in [0.1, 0.15) is 6.54 Å². The van der Waals surface area contributed by atoms with Gasteiger partial charge in [0.2, 0.25) is 5.91 Å². The summed E-state index contributed by atoms with van der Waals surface area (Å²) in [6.07, 6.45) is 1.87. The molecule has 1 atom stereocenters. The minimum Gasteiger partial charge on any atom is -0.392 e. The van der Waals surface area contributed by atoms with Gasteiger partial charge in [0.15, 0.2) is 0 Å². The molecule has 0 aliphatic rings. The van der Waals surface area contributed by atoms with Crippen molar-refractivity contribution in [3.8, 4) is 0 Å². The number of aromatic nitrogens is 1. The average molecular weight is 276 g/mol. The number of nitrogens with one attached hydrogen (secondary N) is 1. The van der Waals surface area contributed by atoms with Gasteiger partial charge in [-0.2, -0.15) is 0 Å². The first-order valence-corrected chi connectivity index (χ1v) is 6.61. The van der Waals surface area contributed by atoms with Gasteiger partial charge in [-0.3, -0.25) is 4.79 Å². The Morgan fingerprint density at radius 2 is 2.25 bits per heavy atom. The summed E-state index contributed by atoms with van der Waals surface area (Å²) in [5, 5.41) is 13.2. The predicted molar refractivity (Wildman–Crippen MR) is 77.3 cm³/mol. The van der Waals surface area contributed by atoms with E-state index in [0.29, 0.717) is 6.61 Å². The third-order valence-corrected chi connectivity index (χ3v) is 3.21. The Labute approximate surface area is 118 Å². The van der Waals surface area contributed by atoms with Crippen LogP contribution in [0.5, 0.6) is 0 Å². The fraction of sp³-hybridized carbons (Fsp3) is 0.400. The van der Waals surface area contributed by atoms with Crippen LogP contribution in [0.4, 0.5) is 0 Å². The molecule has 0 fully saturated rings. The summed E-state index contributed by atoms with van der Waals surface area (Å²) in [4.78, 5) is 12.0. The lowest BCUT2D eigenvalue weighted by molar-refractivity contribution is -0.122. The average Bonchev–Trinajstić information content (AvgIpc) is 2.82. The summed E-state index contributed by atoms with van der Waals surface area (Å²) < 4.78 is 6.87. The molecule has 0 aliphatic carbocycles. The molecule has 0 radical (unpaired) electrons. The van der Waals surface area contributed by atoms with E-state index in [1.54, 1.807) is 7.11 Å². The number of amides is 1. The van der Waals surface area contributed by atoms with Gasteiger partial charge in [0.05, 0.1) is 13.2 Å². The van der Waals surface area contributed by atoms with Gasteiger partial charge in [-0.25, -0.2) is 0 Å². The lowest BCUT2D eigenvalue weighted by atomic mass is 10.1. The highest BCUT2D eigenvalue weighted by atomic mass is 16.5. The summed E-state index contributed by atoms with van der Waals surface area (Å²) in [6.45, 7) is 2.65. The molecule has 2 N–H and O–H groups in total. The molecule has 1 heterocycles. The maximum Gasteiger partial charge on any atom is 0.240 e. The molecule has 5 nitrogen and oxygen atoms in total. The Morgan fingerprint density at radius 1 is 1.45 bits per heavy atom. The van der Waals surface area contributed by atoms with Gasteiger partial charge in [0, 0.05) is 30.3 Å². The van der Waals surface area contributed by atoms with Crippen molar-refractivity contribution < 1.29 is 14.6 Å². The van der Waals surface area contributed by atoms with Crippen molar-refractivity contribution >= 4 is 16.8 Å². The van der Waals surface area contributed by atoms with Crippen LogP contribution in [0, 0.1) is 0 Å². The Hall–Kier alpha value is -1.85. The van der Waals surface area contributed by atoms with Crippen molar-refractivity contribution in [3.63, 3.8) is 0 Å². The first-order chi connectivity index (χ1) is 9.65. The smallest absolute Gasteiger partial charge is 0.240 e. The highest BCUT2D eigenvalue weighted by Gasteiger charge is 2.10. The van der Waals surface area contributed by atoms with Crippen LogP contribution in [0.25, 0.3) is 10.9 Å². The Balaban J connectivity index is 2.12. The molecule has 0 aliphatic heterocycles. The zero-order chi connectivity index (χ0) is 14.5. The Kier molecular flexibility index (Phi) is 4.76. The van der Waals surface area contributed by atoms with Crippen molar-refractivity contribution in [1.82, 2.24) is 9.88 Å². The molecule has 0 spiro atoms. The predicted octanol–water partition coefficient (Wildman–Crippen LogP) is 1.28. The number of methoxy groups -OCH3 is 1. The van der Waals surface area contributed by atoms with Crippen LogP contribution in [0.3, 0.4) is 0 Å². The molecule has 1 amide bonds. The van der Waals surface area contributed by atoms with Crippen molar-refractivity contribution in [2.24, 2.45) is 0 Å². The summed E-state index contributed by atoms with van der Waals surface area (Å²) in [5.41, 5.74) is 1.82. The third-order valence-electron chi connectivity index (χ3n) is 3.21. The molecular weight excluding hydrogens is 256 g/mol. The van der Waals surface area contributed by atoms with Crippen LogP contribution in [0.1, 0.15) is 12.5 Å². The summed E-state index contributed by atoms with van der Waals surface area (Å²) >= 11 is 0. The second-order valence-electron chi connectivity index (χ2n) is 4.88. The molecule has 5 heteroatoms. The van der Waals surface area contributed by atoms with E-state index in [2.05, 4.69) is 5.32 Å². The minimum absolute atomic E-state index is 0.00156. The fourth-order valence-electron chi connectivity index (χ4n) is 2.33. The molecule has 1 aromatic heterocycles. The van der Waals surface area contributed by atoms with E-state index in [1.165, 1.54) is 0 Å². The van der Waals surface area contributed by atoms with Crippen molar-refractivity contribution in [2.45, 2.75) is 26.1 Å². The number of nitrogens with zero attached hydrogens (tertiary/aromatic N) is 1. The highest BCUT2D eigenvalue weighted by Crippen LogP contribution is 2.20. The van der Waals surface area contributed by atoms with Crippen LogP contribution >= 0.6 is 0 Å². The Morgan fingerprint density at radius 3 is 2.95 bits per heavy atom. The van der Waals surface area contributed by atoms with Gasteiger partial charge < -0.3 is 19.7 Å². The number of carbonyl (C=O) groups excluding carboxylic acids is 1. The van der Waals surface area contributed by atoms with Gasteiger partial charge in [-0.1, -0.05) is 12.1 Å². The van der Waals surface area contributed by atoms with E-state index < -0.39 is 0 Å². The van der Waals surface area contributed by atoms with Gasteiger partial charge in [-0.15, -0.1) is 0 Å². The molecule has 2 aromatic rings. The van der Waals surface area contributed by atoms with Crippen molar-refractivity contribution in [1.29, 1.82) is 0 Å². The molecular formula is C15H20N2O3. The van der Waals surface area contributed by atoms with Crippen LogP contribution < -0.4 is 5.32 Å². The number of hydrogen-bond acceptors (Lipinski definition) is 3. The zero-order valence-electron chi connectivity index (χ0n) is 11.8. The fourth-order valence-corrected chi connectivity index (χ4v) is 2.33. The van der Waals surface area contributed by atoms with E-state index in [1.807, 2.05) is 42.0 Å². The monoisotopic (exact) mass is 276 g/mol. The number of fused-ring (bicyclic) bond motifs is 1. The summed E-state index contributed by atoms with van der Waals surface area (Å²) in [5.74, 6) is -0.0542. The van der Waals surface area contributed by atoms with E-state index in [4.69, 9.17) is 4.74 Å². The minimum atomic E-state index is -0.0542. The molecule has 20 heavy (non-hydrogen) atoms. The maximum atomic E-state index is 12.0. The quantitative estimate of drug-likeness (QED) is 0.835. The van der Waals surface area contributed by atoms with Gasteiger partial charge in [0.25, 0.3) is 0 Å². The van der Waals surface area contributed by atoms with Crippen LogP contribution in [-0.2, 0) is 22.7 Å². The van der Waals surface area contributed by atoms with Crippen molar-refractivity contribution in [2.75, 3.05) is 13.7 Å². The first kappa shape index (κ1) is 14.6. The molecule has 2 rings (SSSR count). The number of ether oxygens (including phenoxy) is 1. The second kappa shape index (κ2) is 6.54. The lowest BCUT2D eigenvalue weighted by Gasteiger charge is -2.13. The van der Waals surface area contributed by atoms with Gasteiger partial charge in [-0.05, 0) is 24.6 Å². The number of hydrogen-bond donors (Lipinski definition) is 2. The number of carbonyl (C=O) groups is 1. The van der Waals surface area contributed by atoms with Crippen LogP contribution in [0.2, 0.25) is 0 Å². The molecule has 1 unspecified atom stereocenters. The molecule has 1 aromatic carbocycles. The number of benzene rings is 1. The SMILES string of the molecule is COCC(C)NC(=O)Cn1ccc2c(CO)cccc21. The molecule has 0 saturated heterocycles. The van der Waals surface area contributed by atoms with Crippen LogP contribution in [-0.4, -0.2) is 35.3 Å². The van der Waals surface area contributed by atoms with E-state index in [0.717, 1.165) is 16.5 Å². The van der Waals surface area contributed by atoms with E-state index >= 15 is 0 Å². The number of rotatable bonds is 6. The lowest BCUT2D eigenvalue weighted by Crippen LogP contribution is -2.37. The molecule has 108 valence electrons. The van der Waals surface area contributed by atoms with E-state index in [-0.39, 0.29) is 25.1 Å². The Bertz CT molecular complexity index is 592. The second-order valence-corrected chi connectivity index (χ2v) is 4.88. The van der Waals surface area contributed by atoms with Crippen LogP contribution in [0.15, 0.2) is 30.5 Å². The molecule has 0 saturated carbocycles. The topological polar surface area (TPSA) is 63.5 Å². The maximum absolute atomic E-state index is 12.0. The molecule has 0 bridgehead atoms. The normalized spacial score (nSPS) is 12.6. The third kappa shape index (κ3) is 3.18. The first-order valence-electron chi connectivity index (χ1n) is 6.61. The van der Waals surface area contributed by atoms with Crippen molar-refractivity contribution in [3.05, 3.63) is 36.0 Å². The number of aliphatic hydroxyl groups is 1. The number of aliphatic hydroxyl groups excluding tert-OH is 1. The zero-order valence-corrected chi connectivity index (χ0v) is 11.8. The summed E-state index contributed by atoms with van der Waals surface area (Å²) in [6, 6.07) is 7.62.